The van der Waals surface area contributed by atoms with Crippen LogP contribution in [0.1, 0.15) is 49.1 Å². The van der Waals surface area contributed by atoms with Crippen LogP contribution in [0.25, 0.3) is 0 Å². The highest BCUT2D eigenvalue weighted by Gasteiger charge is 2.39. The number of carbonyl (C=O) groups is 3. The third-order valence-corrected chi connectivity index (χ3v) is 3.93. The highest BCUT2D eigenvalue weighted by atomic mass is 16.6. The van der Waals surface area contributed by atoms with E-state index in [-0.39, 0.29) is 16.7 Å². The second-order valence-corrected chi connectivity index (χ2v) is 5.52. The van der Waals surface area contributed by atoms with Crippen molar-refractivity contribution in [2.45, 2.75) is 13.0 Å². The molecule has 0 aromatic heterocycles. The molecule has 0 aliphatic heterocycles. The number of hydrogen-bond donors (Lipinski definition) is 0. The van der Waals surface area contributed by atoms with E-state index in [9.17, 15) is 24.5 Å². The maximum absolute atomic E-state index is 12.8. The van der Waals surface area contributed by atoms with Crippen molar-refractivity contribution in [1.29, 1.82) is 5.26 Å². The fourth-order valence-corrected chi connectivity index (χ4v) is 2.77. The number of nitro groups is 1. The molecule has 128 valence electrons. The summed E-state index contributed by atoms with van der Waals surface area (Å²) in [5.74, 6) is -2.37. The Morgan fingerprint density at radius 3 is 2.31 bits per heavy atom. The molecule has 1 aliphatic carbocycles. The van der Waals surface area contributed by atoms with Crippen molar-refractivity contribution in [2.24, 2.45) is 0 Å². The Labute approximate surface area is 146 Å². The largest absolute Gasteiger partial charge is 0.443 e. The van der Waals surface area contributed by atoms with E-state index < -0.39 is 45.4 Å². The van der Waals surface area contributed by atoms with Crippen LogP contribution < -0.4 is 0 Å². The van der Waals surface area contributed by atoms with Gasteiger partial charge in [-0.1, -0.05) is 24.3 Å². The van der Waals surface area contributed by atoms with E-state index in [1.165, 1.54) is 31.2 Å². The van der Waals surface area contributed by atoms with Crippen LogP contribution in [0.2, 0.25) is 0 Å². The summed E-state index contributed by atoms with van der Waals surface area (Å²) >= 11 is 0. The second kappa shape index (κ2) is 6.22. The summed E-state index contributed by atoms with van der Waals surface area (Å²) in [6.07, 6.45) is -1.13. The van der Waals surface area contributed by atoms with Gasteiger partial charge in [0, 0.05) is 16.7 Å². The summed E-state index contributed by atoms with van der Waals surface area (Å²) in [6.45, 7) is 1.30. The third-order valence-electron chi connectivity index (χ3n) is 3.93. The smallest absolute Gasteiger partial charge is 0.346 e. The van der Waals surface area contributed by atoms with Crippen molar-refractivity contribution in [3.8, 4) is 6.07 Å². The molecule has 0 N–H and O–H groups in total. The van der Waals surface area contributed by atoms with Gasteiger partial charge in [-0.05, 0) is 19.1 Å². The molecule has 0 saturated carbocycles. The van der Waals surface area contributed by atoms with Crippen molar-refractivity contribution in [3.05, 3.63) is 74.3 Å². The van der Waals surface area contributed by atoms with Crippen LogP contribution in [0.4, 0.5) is 5.69 Å². The Bertz CT molecular complexity index is 1030. The van der Waals surface area contributed by atoms with Crippen molar-refractivity contribution in [3.63, 3.8) is 0 Å². The number of nitro benzene ring substituents is 1. The monoisotopic (exact) mass is 350 g/mol. The predicted octanol–water partition coefficient (Wildman–Crippen LogP) is 2.44. The summed E-state index contributed by atoms with van der Waals surface area (Å²) in [5, 5.41) is 20.3. The first-order valence-corrected chi connectivity index (χ1v) is 7.47. The molecule has 0 heterocycles. The molecule has 0 unspecified atom stereocenters. The van der Waals surface area contributed by atoms with Crippen molar-refractivity contribution in [1.82, 2.24) is 0 Å². The summed E-state index contributed by atoms with van der Waals surface area (Å²) < 4.78 is 4.80. The number of esters is 1. The zero-order chi connectivity index (χ0) is 19.0. The second-order valence-electron chi connectivity index (χ2n) is 5.52. The van der Waals surface area contributed by atoms with Crippen LogP contribution in [-0.4, -0.2) is 28.6 Å². The van der Waals surface area contributed by atoms with E-state index in [1.807, 2.05) is 0 Å². The van der Waals surface area contributed by atoms with Gasteiger partial charge in [0.25, 0.3) is 5.69 Å². The number of carbonyl (C=O) groups excluding carboxylic acids is 3. The van der Waals surface area contributed by atoms with Crippen LogP contribution in [0.3, 0.4) is 0 Å². The van der Waals surface area contributed by atoms with E-state index in [1.54, 1.807) is 12.1 Å². The van der Waals surface area contributed by atoms with E-state index in [2.05, 4.69) is 0 Å². The Morgan fingerprint density at radius 2 is 1.73 bits per heavy atom. The molecule has 1 aliphatic rings. The standard InChI is InChI=1S/C18H10N2O6/c1-9(8-19)26-18(23)13-7-6-12-14(15(13)20(24)25)17(22)11-5-3-2-4-10(11)16(12)21/h2-7,9H,1H3/t9-/m1/s1. The van der Waals surface area contributed by atoms with Gasteiger partial charge in [-0.2, -0.15) is 5.26 Å². The lowest BCUT2D eigenvalue weighted by molar-refractivity contribution is -0.385. The molecule has 0 radical (unpaired) electrons. The molecule has 2 aromatic carbocycles. The molecule has 8 heteroatoms. The summed E-state index contributed by atoms with van der Waals surface area (Å²) in [4.78, 5) is 48.2. The SMILES string of the molecule is C[C@H](C#N)OC(=O)c1ccc2c(c1[N+](=O)[O-])C(=O)c1ccccc1C2=O. The molecule has 0 amide bonds. The number of hydrogen-bond acceptors (Lipinski definition) is 7. The lowest BCUT2D eigenvalue weighted by Gasteiger charge is -2.18. The van der Waals surface area contributed by atoms with Gasteiger partial charge in [0.15, 0.2) is 11.9 Å². The number of ketones is 2. The number of rotatable bonds is 3. The number of fused-ring (bicyclic) bond motifs is 2. The molecule has 3 rings (SSSR count). The van der Waals surface area contributed by atoms with Crippen LogP contribution in [0.15, 0.2) is 36.4 Å². The molecule has 0 fully saturated rings. The first-order chi connectivity index (χ1) is 12.4. The number of nitrogens with zero attached hydrogens (tertiary/aromatic N) is 2. The normalized spacial score (nSPS) is 13.2. The highest BCUT2D eigenvalue weighted by molar-refractivity contribution is 6.30. The minimum absolute atomic E-state index is 0.0315. The highest BCUT2D eigenvalue weighted by Crippen LogP contribution is 2.35. The Morgan fingerprint density at radius 1 is 1.12 bits per heavy atom. The maximum Gasteiger partial charge on any atom is 0.346 e. The Balaban J connectivity index is 2.24. The summed E-state index contributed by atoms with van der Waals surface area (Å²) in [5.41, 5.74) is -1.71. The summed E-state index contributed by atoms with van der Waals surface area (Å²) in [6, 6.07) is 9.89. The molecule has 8 nitrogen and oxygen atoms in total. The number of nitriles is 1. The van der Waals surface area contributed by atoms with Gasteiger partial charge in [-0.25, -0.2) is 4.79 Å². The van der Waals surface area contributed by atoms with Crippen molar-refractivity contribution < 1.29 is 24.0 Å². The molecular weight excluding hydrogens is 340 g/mol. The first kappa shape index (κ1) is 17.0. The van der Waals surface area contributed by atoms with E-state index >= 15 is 0 Å². The Kier molecular flexibility index (Phi) is 4.06. The van der Waals surface area contributed by atoms with Gasteiger partial charge in [0.2, 0.25) is 5.78 Å². The van der Waals surface area contributed by atoms with E-state index in [4.69, 9.17) is 10.00 Å². The quantitative estimate of drug-likeness (QED) is 0.403. The fourth-order valence-electron chi connectivity index (χ4n) is 2.77. The zero-order valence-corrected chi connectivity index (χ0v) is 13.4. The summed E-state index contributed by atoms with van der Waals surface area (Å²) in [7, 11) is 0. The van der Waals surface area contributed by atoms with Gasteiger partial charge >= 0.3 is 5.97 Å². The van der Waals surface area contributed by atoms with Crippen LogP contribution in [0.5, 0.6) is 0 Å². The van der Waals surface area contributed by atoms with Gasteiger partial charge < -0.3 is 4.74 Å². The van der Waals surface area contributed by atoms with Crippen molar-refractivity contribution >= 4 is 23.2 Å². The molecule has 1 atom stereocenters. The van der Waals surface area contributed by atoms with E-state index in [0.29, 0.717) is 0 Å². The molecule has 0 saturated heterocycles. The van der Waals surface area contributed by atoms with Gasteiger partial charge in [-0.15, -0.1) is 0 Å². The topological polar surface area (TPSA) is 127 Å². The van der Waals surface area contributed by atoms with Gasteiger partial charge in [0.1, 0.15) is 17.2 Å². The van der Waals surface area contributed by atoms with Crippen LogP contribution in [-0.2, 0) is 4.74 Å². The maximum atomic E-state index is 12.8. The number of benzene rings is 2. The van der Waals surface area contributed by atoms with Crippen LogP contribution >= 0.6 is 0 Å². The minimum atomic E-state index is -1.13. The Hall–Kier alpha value is -3.86. The predicted molar refractivity (Wildman–Crippen MR) is 86.9 cm³/mol. The molecule has 0 bridgehead atoms. The third kappa shape index (κ3) is 2.52. The van der Waals surface area contributed by atoms with Gasteiger partial charge in [-0.3, -0.25) is 19.7 Å². The fraction of sp³-hybridized carbons (Fsp3) is 0.111. The average molecular weight is 350 g/mol. The lowest BCUT2D eigenvalue weighted by Crippen LogP contribution is -2.24. The minimum Gasteiger partial charge on any atom is -0.443 e. The molecule has 0 spiro atoms. The van der Waals surface area contributed by atoms with E-state index in [0.717, 1.165) is 6.07 Å². The lowest BCUT2D eigenvalue weighted by atomic mass is 9.82. The number of ether oxygens (including phenoxy) is 1. The van der Waals surface area contributed by atoms with Gasteiger partial charge in [0.05, 0.1) is 4.92 Å². The van der Waals surface area contributed by atoms with Crippen LogP contribution in [0, 0.1) is 21.4 Å². The molecule has 2 aromatic rings. The van der Waals surface area contributed by atoms with Crippen molar-refractivity contribution in [2.75, 3.05) is 0 Å². The average Bonchev–Trinajstić information content (AvgIpc) is 2.64. The zero-order valence-electron chi connectivity index (χ0n) is 13.4. The first-order valence-electron chi connectivity index (χ1n) is 7.47. The molecular formula is C18H10N2O6. The molecule has 26 heavy (non-hydrogen) atoms.